The van der Waals surface area contributed by atoms with Gasteiger partial charge in [-0.1, -0.05) is 41.4 Å². The number of halogens is 3. The Morgan fingerprint density at radius 3 is 2.61 bits per heavy atom. The molecule has 2 aromatic carbocycles. The van der Waals surface area contributed by atoms with Crippen LogP contribution in [0.4, 0.5) is 4.39 Å². The minimum absolute atomic E-state index is 0.0117. The van der Waals surface area contributed by atoms with Crippen LogP contribution in [0, 0.1) is 35.9 Å². The zero-order valence-corrected chi connectivity index (χ0v) is 27.9. The van der Waals surface area contributed by atoms with E-state index in [1.807, 2.05) is 24.8 Å². The molecule has 46 heavy (non-hydrogen) atoms. The van der Waals surface area contributed by atoms with Gasteiger partial charge in [0.2, 0.25) is 5.91 Å². The summed E-state index contributed by atoms with van der Waals surface area (Å²) >= 11 is 12.8. The fraction of sp³-hybridized carbons (Fsp3) is 0.432. The number of likely N-dealkylation sites (tertiary alicyclic amines) is 1. The van der Waals surface area contributed by atoms with E-state index in [2.05, 4.69) is 34.0 Å². The Bertz CT molecular complexity index is 1820. The van der Waals surface area contributed by atoms with Gasteiger partial charge in [0.05, 0.1) is 27.7 Å². The molecule has 2 bridgehead atoms. The number of aryl methyl sites for hydroxylation is 2. The van der Waals surface area contributed by atoms with Crippen molar-refractivity contribution in [1.82, 2.24) is 20.2 Å². The topological polar surface area (TPSA) is 84.8 Å². The van der Waals surface area contributed by atoms with Crippen molar-refractivity contribution in [3.05, 3.63) is 75.8 Å². The monoisotopic (exact) mass is 659 g/mol. The number of hydrogen-bond donors (Lipinski definition) is 2. The van der Waals surface area contributed by atoms with Gasteiger partial charge < -0.3 is 15.2 Å². The summed E-state index contributed by atoms with van der Waals surface area (Å²) in [6.07, 6.45) is 9.10. The molecule has 6 nitrogen and oxygen atoms in total. The van der Waals surface area contributed by atoms with Crippen LogP contribution in [0.3, 0.4) is 0 Å². The van der Waals surface area contributed by atoms with Crippen LogP contribution < -0.4 is 5.32 Å². The molecule has 4 aromatic rings. The van der Waals surface area contributed by atoms with Gasteiger partial charge >= 0.3 is 0 Å². The Kier molecular flexibility index (Phi) is 9.70. The van der Waals surface area contributed by atoms with Crippen molar-refractivity contribution in [1.29, 1.82) is 5.26 Å². The molecule has 2 N–H and O–H groups in total. The highest BCUT2D eigenvalue weighted by atomic mass is 35.5. The van der Waals surface area contributed by atoms with Crippen molar-refractivity contribution in [2.75, 3.05) is 13.1 Å². The molecule has 1 unspecified atom stereocenters. The Hall–Kier alpha value is -3.44. The number of nitriles is 1. The molecule has 9 heteroatoms. The Balaban J connectivity index is 0.000000356. The van der Waals surface area contributed by atoms with Crippen LogP contribution in [-0.2, 0) is 11.2 Å². The van der Waals surface area contributed by atoms with Crippen molar-refractivity contribution >= 4 is 50.9 Å². The number of allylic oxidation sites excluding steroid dienone is 1. The third-order valence-corrected chi connectivity index (χ3v) is 10.4. The van der Waals surface area contributed by atoms with Crippen LogP contribution in [-0.4, -0.2) is 39.9 Å². The summed E-state index contributed by atoms with van der Waals surface area (Å²) in [5.41, 5.74) is 4.17. The van der Waals surface area contributed by atoms with Crippen molar-refractivity contribution in [2.24, 2.45) is 11.8 Å². The highest BCUT2D eigenvalue weighted by Crippen LogP contribution is 2.43. The van der Waals surface area contributed by atoms with E-state index in [1.54, 1.807) is 24.3 Å². The molecule has 5 heterocycles. The number of fused-ring (bicyclic) bond motifs is 4. The molecule has 3 saturated heterocycles. The fourth-order valence-corrected chi connectivity index (χ4v) is 7.46. The van der Waals surface area contributed by atoms with Gasteiger partial charge in [-0.2, -0.15) is 5.26 Å². The molecule has 9 rings (SSSR count). The maximum Gasteiger partial charge on any atom is 0.226 e. The Labute approximate surface area is 280 Å². The predicted octanol–water partition coefficient (Wildman–Crippen LogP) is 9.23. The second kappa shape index (κ2) is 13.7. The van der Waals surface area contributed by atoms with Crippen molar-refractivity contribution in [3.8, 4) is 17.2 Å². The van der Waals surface area contributed by atoms with E-state index in [4.69, 9.17) is 23.2 Å². The fourth-order valence-electron chi connectivity index (χ4n) is 7.07. The SMILES string of the molecule is C1NC2CC1C2.C=CC.Cc1nc2c(F)c(-c3cccc(Cl)c3Cl)c(CCC#N)cc2c2[nH]c(C3CCCN3C(=O)C3CC3)cc12. The molecule has 240 valence electrons. The minimum Gasteiger partial charge on any atom is -0.356 e. The first kappa shape index (κ1) is 32.5. The lowest BCUT2D eigenvalue weighted by Crippen LogP contribution is -2.31. The first-order chi connectivity index (χ1) is 22.2. The lowest BCUT2D eigenvalue weighted by Gasteiger charge is -2.24. The molecule has 1 amide bonds. The molecule has 2 saturated carbocycles. The molecular formula is C37H40Cl2FN5O. The number of benzene rings is 2. The first-order valence-electron chi connectivity index (χ1n) is 16.3. The van der Waals surface area contributed by atoms with Crippen molar-refractivity contribution in [3.63, 3.8) is 0 Å². The largest absolute Gasteiger partial charge is 0.356 e. The number of nitrogens with one attached hydrogen (secondary N) is 2. The maximum atomic E-state index is 16.3. The summed E-state index contributed by atoms with van der Waals surface area (Å²) in [6.45, 7) is 9.20. The quantitative estimate of drug-likeness (QED) is 0.209. The normalized spacial score (nSPS) is 21.2. The summed E-state index contributed by atoms with van der Waals surface area (Å²) in [4.78, 5) is 23.1. The van der Waals surface area contributed by atoms with Crippen molar-refractivity contribution in [2.45, 2.75) is 77.3 Å². The van der Waals surface area contributed by atoms with Gasteiger partial charge in [0, 0.05) is 58.2 Å². The number of carbonyl (C=O) groups excluding carboxylic acids is 1. The molecule has 2 aliphatic carbocycles. The number of rotatable bonds is 5. The third-order valence-electron chi connectivity index (χ3n) is 9.58. The van der Waals surface area contributed by atoms with Crippen LogP contribution in [0.15, 0.2) is 43.0 Å². The van der Waals surface area contributed by atoms with E-state index in [1.165, 1.54) is 19.4 Å². The van der Waals surface area contributed by atoms with E-state index >= 15 is 4.39 Å². The number of aromatic amines is 1. The highest BCUT2D eigenvalue weighted by molar-refractivity contribution is 6.43. The second-order valence-electron chi connectivity index (χ2n) is 12.9. The number of carbonyl (C=O) groups is 1. The average molecular weight is 661 g/mol. The standard InChI is InChI=1S/C29H25Cl2FN4O.C5H9N.C3H6/c1-15-19-14-22(23-8-4-12-36(23)29(37)16-9-10-16)35-27(19)20-13-17(5-3-11-33)24(26(32)28(20)34-15)18-6-2-7-21(30)25(18)31;1-4-2-5(1)6-3-4;1-3-2/h2,6-7,13-14,16,23,35H,3-5,8-10,12H2,1H3;4-6H,1-3H2;3H,1H2,2H3. The van der Waals surface area contributed by atoms with E-state index in [0.717, 1.165) is 60.8 Å². The average Bonchev–Trinajstić information content (AvgIpc) is 3.43. The van der Waals surface area contributed by atoms with Crippen molar-refractivity contribution < 1.29 is 9.18 Å². The van der Waals surface area contributed by atoms with E-state index in [9.17, 15) is 10.1 Å². The van der Waals surface area contributed by atoms with Gasteiger partial charge in [-0.25, -0.2) is 9.37 Å². The molecule has 0 radical (unpaired) electrons. The van der Waals surface area contributed by atoms with E-state index < -0.39 is 5.82 Å². The smallest absolute Gasteiger partial charge is 0.226 e. The van der Waals surface area contributed by atoms with Gasteiger partial charge in [0.25, 0.3) is 0 Å². The van der Waals surface area contributed by atoms with Crippen LogP contribution in [0.5, 0.6) is 0 Å². The summed E-state index contributed by atoms with van der Waals surface area (Å²) in [6, 6.07) is 12.2. The van der Waals surface area contributed by atoms with E-state index in [0.29, 0.717) is 39.2 Å². The number of H-pyrrole nitrogens is 1. The zero-order valence-electron chi connectivity index (χ0n) is 26.4. The van der Waals surface area contributed by atoms with Gasteiger partial charge in [0.15, 0.2) is 5.82 Å². The predicted molar refractivity (Wildman–Crippen MR) is 184 cm³/mol. The number of hydrogen-bond acceptors (Lipinski definition) is 4. The summed E-state index contributed by atoms with van der Waals surface area (Å²) in [5, 5.41) is 14.8. The molecule has 5 fully saturated rings. The highest BCUT2D eigenvalue weighted by Gasteiger charge is 2.39. The zero-order chi connectivity index (χ0) is 32.5. The summed E-state index contributed by atoms with van der Waals surface area (Å²) < 4.78 is 16.3. The second-order valence-corrected chi connectivity index (χ2v) is 13.7. The van der Waals surface area contributed by atoms with Gasteiger partial charge in [-0.15, -0.1) is 6.58 Å². The number of pyridine rings is 1. The van der Waals surface area contributed by atoms with E-state index in [-0.39, 0.29) is 34.8 Å². The minimum atomic E-state index is -0.484. The molecule has 3 aliphatic heterocycles. The first-order valence-corrected chi connectivity index (χ1v) is 17.1. The third kappa shape index (κ3) is 6.28. The number of amides is 1. The van der Waals surface area contributed by atoms with Crippen LogP contribution >= 0.6 is 23.2 Å². The molecule has 2 aromatic heterocycles. The molecule has 0 spiro atoms. The summed E-state index contributed by atoms with van der Waals surface area (Å²) in [7, 11) is 0. The molecular weight excluding hydrogens is 620 g/mol. The Morgan fingerprint density at radius 2 is 1.98 bits per heavy atom. The van der Waals surface area contributed by atoms with Crippen LogP contribution in [0.1, 0.15) is 74.9 Å². The van der Waals surface area contributed by atoms with Crippen LogP contribution in [0.25, 0.3) is 32.9 Å². The summed E-state index contributed by atoms with van der Waals surface area (Å²) in [5.74, 6) is 1.01. The lowest BCUT2D eigenvalue weighted by molar-refractivity contribution is -0.133. The molecule has 5 aliphatic rings. The van der Waals surface area contributed by atoms with Gasteiger partial charge in [0.1, 0.15) is 5.52 Å². The van der Waals surface area contributed by atoms with Gasteiger partial charge in [-0.05, 0) is 95.0 Å². The van der Waals surface area contributed by atoms with Gasteiger partial charge in [-0.3, -0.25) is 4.79 Å². The Morgan fingerprint density at radius 1 is 1.22 bits per heavy atom. The number of nitrogens with zero attached hydrogens (tertiary/aromatic N) is 3. The lowest BCUT2D eigenvalue weighted by atomic mass is 9.87. The number of aromatic nitrogens is 2. The van der Waals surface area contributed by atoms with Crippen LogP contribution in [0.2, 0.25) is 10.0 Å². The maximum absolute atomic E-state index is 16.3. The molecule has 1 atom stereocenters.